The number of rotatable bonds is 4. The fraction of sp³-hybridized carbons (Fsp3) is 0.364. The van der Waals surface area contributed by atoms with Gasteiger partial charge in [0.25, 0.3) is 5.91 Å². The summed E-state index contributed by atoms with van der Waals surface area (Å²) < 4.78 is 0. The Morgan fingerprint density at radius 1 is 1.12 bits per heavy atom. The third kappa shape index (κ3) is 2.56. The van der Waals surface area contributed by atoms with Crippen LogP contribution in [0.2, 0.25) is 0 Å². The molecule has 1 aliphatic heterocycles. The zero-order valence-electron chi connectivity index (χ0n) is 15.0. The van der Waals surface area contributed by atoms with Crippen molar-refractivity contribution in [2.45, 2.75) is 44.6 Å². The van der Waals surface area contributed by atoms with Crippen molar-refractivity contribution in [3.05, 3.63) is 64.7 Å². The number of likely N-dealkylation sites (N-methyl/N-ethyl adjacent to an activating group) is 1. The summed E-state index contributed by atoms with van der Waals surface area (Å²) in [5.74, 6) is -0.602. The van der Waals surface area contributed by atoms with Crippen LogP contribution in [0.1, 0.15) is 53.2 Å². The SMILES string of the molecule is CCN1C(=O)[C@](O)(CC(=O)c2ccc3c(c2)CCCC3)c2ccccc21. The van der Waals surface area contributed by atoms with Gasteiger partial charge in [-0.3, -0.25) is 9.59 Å². The number of fused-ring (bicyclic) bond motifs is 2. The molecule has 2 aromatic carbocycles. The number of anilines is 1. The van der Waals surface area contributed by atoms with Gasteiger partial charge in [-0.1, -0.05) is 30.3 Å². The van der Waals surface area contributed by atoms with Crippen LogP contribution in [-0.2, 0) is 23.2 Å². The molecule has 0 saturated heterocycles. The smallest absolute Gasteiger partial charge is 0.264 e. The summed E-state index contributed by atoms with van der Waals surface area (Å²) in [6.07, 6.45) is 4.17. The normalized spacial score (nSPS) is 21.5. The van der Waals surface area contributed by atoms with Crippen molar-refractivity contribution in [3.8, 4) is 0 Å². The maximum Gasteiger partial charge on any atom is 0.264 e. The Morgan fingerprint density at radius 3 is 2.62 bits per heavy atom. The van der Waals surface area contributed by atoms with Gasteiger partial charge in [0.05, 0.1) is 12.1 Å². The van der Waals surface area contributed by atoms with Crippen LogP contribution in [-0.4, -0.2) is 23.3 Å². The number of benzene rings is 2. The van der Waals surface area contributed by atoms with Crippen molar-refractivity contribution in [3.63, 3.8) is 0 Å². The molecule has 1 heterocycles. The summed E-state index contributed by atoms with van der Waals surface area (Å²) in [6.45, 7) is 2.33. The lowest BCUT2D eigenvalue weighted by atomic mass is 9.85. The van der Waals surface area contributed by atoms with Gasteiger partial charge in [0.15, 0.2) is 11.4 Å². The van der Waals surface area contributed by atoms with E-state index in [4.69, 9.17) is 0 Å². The lowest BCUT2D eigenvalue weighted by Gasteiger charge is -2.22. The molecule has 4 rings (SSSR count). The Morgan fingerprint density at radius 2 is 1.85 bits per heavy atom. The molecule has 0 bridgehead atoms. The van der Waals surface area contributed by atoms with Gasteiger partial charge in [0, 0.05) is 17.7 Å². The van der Waals surface area contributed by atoms with E-state index in [9.17, 15) is 14.7 Å². The Kier molecular flexibility index (Phi) is 4.16. The topological polar surface area (TPSA) is 57.6 Å². The zero-order valence-corrected chi connectivity index (χ0v) is 15.0. The van der Waals surface area contributed by atoms with Crippen molar-refractivity contribution in [2.75, 3.05) is 11.4 Å². The number of amides is 1. The molecular weight excluding hydrogens is 326 g/mol. The lowest BCUT2D eigenvalue weighted by molar-refractivity contribution is -0.135. The molecule has 2 aliphatic rings. The molecule has 134 valence electrons. The van der Waals surface area contributed by atoms with E-state index in [1.807, 2.05) is 37.3 Å². The van der Waals surface area contributed by atoms with E-state index in [1.54, 1.807) is 17.0 Å². The summed E-state index contributed by atoms with van der Waals surface area (Å²) in [5, 5.41) is 11.2. The quantitative estimate of drug-likeness (QED) is 0.861. The fourth-order valence-corrected chi connectivity index (χ4v) is 4.23. The van der Waals surface area contributed by atoms with E-state index >= 15 is 0 Å². The molecule has 0 radical (unpaired) electrons. The van der Waals surface area contributed by atoms with E-state index in [-0.39, 0.29) is 12.2 Å². The highest BCUT2D eigenvalue weighted by Crippen LogP contribution is 2.42. The molecular formula is C22H23NO3. The molecule has 1 amide bonds. The molecule has 26 heavy (non-hydrogen) atoms. The minimum absolute atomic E-state index is 0.193. The summed E-state index contributed by atoms with van der Waals surface area (Å²) in [4.78, 5) is 27.3. The third-order valence-electron chi connectivity index (χ3n) is 5.64. The molecule has 0 fully saturated rings. The number of hydrogen-bond donors (Lipinski definition) is 1. The average molecular weight is 349 g/mol. The Labute approximate surface area is 153 Å². The van der Waals surface area contributed by atoms with Crippen molar-refractivity contribution < 1.29 is 14.7 Å². The van der Waals surface area contributed by atoms with Gasteiger partial charge >= 0.3 is 0 Å². The van der Waals surface area contributed by atoms with Gasteiger partial charge in [0.2, 0.25) is 0 Å². The third-order valence-corrected chi connectivity index (χ3v) is 5.64. The number of para-hydroxylation sites is 1. The van der Waals surface area contributed by atoms with Crippen LogP contribution >= 0.6 is 0 Å². The van der Waals surface area contributed by atoms with Crippen LogP contribution < -0.4 is 4.90 Å². The second kappa shape index (κ2) is 6.36. The van der Waals surface area contributed by atoms with Crippen LogP contribution in [0.25, 0.3) is 0 Å². The highest BCUT2D eigenvalue weighted by Gasteiger charge is 2.50. The minimum Gasteiger partial charge on any atom is -0.375 e. The highest BCUT2D eigenvalue weighted by atomic mass is 16.3. The molecule has 4 nitrogen and oxygen atoms in total. The van der Waals surface area contributed by atoms with Crippen molar-refractivity contribution in [2.24, 2.45) is 0 Å². The summed E-state index contributed by atoms with van der Waals surface area (Å²) in [6, 6.07) is 13.0. The Hall–Kier alpha value is -2.46. The van der Waals surface area contributed by atoms with Crippen LogP contribution in [0.5, 0.6) is 0 Å². The second-order valence-corrected chi connectivity index (χ2v) is 7.22. The molecule has 1 N–H and O–H groups in total. The number of aliphatic hydroxyl groups is 1. The van der Waals surface area contributed by atoms with Gasteiger partial charge in [-0.05, 0) is 55.9 Å². The van der Waals surface area contributed by atoms with E-state index in [0.717, 1.165) is 19.3 Å². The first-order valence-electron chi connectivity index (χ1n) is 9.33. The zero-order chi connectivity index (χ0) is 18.3. The van der Waals surface area contributed by atoms with Gasteiger partial charge in [-0.2, -0.15) is 0 Å². The minimum atomic E-state index is -1.78. The maximum absolute atomic E-state index is 12.9. The van der Waals surface area contributed by atoms with Crippen LogP contribution in [0.15, 0.2) is 42.5 Å². The maximum atomic E-state index is 12.9. The molecule has 2 aromatic rings. The number of hydrogen-bond acceptors (Lipinski definition) is 3. The standard InChI is InChI=1S/C22H23NO3/c1-2-23-19-10-6-5-9-18(19)22(26,21(23)25)14-20(24)17-12-11-15-7-3-4-8-16(15)13-17/h5-6,9-13,26H,2-4,7-8,14H2,1H3/t22-/m0/s1. The Bertz CT molecular complexity index is 889. The predicted octanol–water partition coefficient (Wildman–Crippen LogP) is 3.39. The predicted molar refractivity (Wildman–Crippen MR) is 100 cm³/mol. The van der Waals surface area contributed by atoms with E-state index in [2.05, 4.69) is 0 Å². The van der Waals surface area contributed by atoms with Crippen LogP contribution in [0, 0.1) is 0 Å². The van der Waals surface area contributed by atoms with E-state index in [1.165, 1.54) is 17.5 Å². The fourth-order valence-electron chi connectivity index (χ4n) is 4.23. The largest absolute Gasteiger partial charge is 0.375 e. The molecule has 0 unspecified atom stereocenters. The number of Topliss-reactive ketones (excluding diaryl/α,β-unsaturated/α-hetero) is 1. The second-order valence-electron chi connectivity index (χ2n) is 7.22. The van der Waals surface area contributed by atoms with Gasteiger partial charge in [-0.25, -0.2) is 0 Å². The summed E-state index contributed by atoms with van der Waals surface area (Å²) in [7, 11) is 0. The van der Waals surface area contributed by atoms with Crippen LogP contribution in [0.3, 0.4) is 0 Å². The summed E-state index contributed by atoms with van der Waals surface area (Å²) >= 11 is 0. The monoisotopic (exact) mass is 349 g/mol. The number of ketones is 1. The molecule has 4 heteroatoms. The van der Waals surface area contributed by atoms with Gasteiger partial charge in [0.1, 0.15) is 0 Å². The molecule has 1 atom stereocenters. The first-order valence-corrected chi connectivity index (χ1v) is 9.33. The first kappa shape index (κ1) is 17.0. The Balaban J connectivity index is 1.66. The molecule has 1 aliphatic carbocycles. The number of carbonyl (C=O) groups excluding carboxylic acids is 2. The van der Waals surface area contributed by atoms with Crippen molar-refractivity contribution in [1.82, 2.24) is 0 Å². The number of nitrogens with zero attached hydrogens (tertiary/aromatic N) is 1. The van der Waals surface area contributed by atoms with Gasteiger partial charge < -0.3 is 10.0 Å². The average Bonchev–Trinajstić information content (AvgIpc) is 2.88. The molecule has 0 aromatic heterocycles. The molecule has 0 spiro atoms. The lowest BCUT2D eigenvalue weighted by Crippen LogP contribution is -2.41. The van der Waals surface area contributed by atoms with Crippen molar-refractivity contribution >= 4 is 17.4 Å². The van der Waals surface area contributed by atoms with Crippen molar-refractivity contribution in [1.29, 1.82) is 0 Å². The number of carbonyl (C=O) groups is 2. The number of aryl methyl sites for hydroxylation is 2. The van der Waals surface area contributed by atoms with E-state index in [0.29, 0.717) is 23.4 Å². The van der Waals surface area contributed by atoms with Crippen LogP contribution in [0.4, 0.5) is 5.69 Å². The highest BCUT2D eigenvalue weighted by molar-refractivity contribution is 6.10. The van der Waals surface area contributed by atoms with E-state index < -0.39 is 11.5 Å². The first-order chi connectivity index (χ1) is 12.5. The molecule has 0 saturated carbocycles. The van der Waals surface area contributed by atoms with Gasteiger partial charge in [-0.15, -0.1) is 0 Å². The summed E-state index contributed by atoms with van der Waals surface area (Å²) in [5.41, 5.74) is 2.56.